The fourth-order valence-electron chi connectivity index (χ4n) is 2.44. The van der Waals surface area contributed by atoms with Gasteiger partial charge in [-0.05, 0) is 0 Å². The van der Waals surface area contributed by atoms with Gasteiger partial charge in [0.15, 0.2) is 0 Å². The van der Waals surface area contributed by atoms with Crippen LogP contribution in [-0.4, -0.2) is 43.2 Å². The lowest BCUT2D eigenvalue weighted by Crippen LogP contribution is -2.77. The highest BCUT2D eigenvalue weighted by atomic mass is 16.5. The molecule has 2 aliphatic rings. The average molecular weight is 213 g/mol. The van der Waals surface area contributed by atoms with Crippen LogP contribution in [0, 0.1) is 11.3 Å². The number of quaternary nitrogens is 1. The lowest BCUT2D eigenvalue weighted by atomic mass is 9.58. The lowest BCUT2D eigenvalue weighted by molar-refractivity contribution is -0.476. The molecular formula is C11H21N2O2+. The largest absolute Gasteiger partial charge is 0.378 e. The minimum absolute atomic E-state index is 0.0788. The molecule has 1 heterocycles. The van der Waals surface area contributed by atoms with Gasteiger partial charge in [0.05, 0.1) is 25.2 Å². The number of rotatable bonds is 1. The Morgan fingerprint density at radius 1 is 1.40 bits per heavy atom. The van der Waals surface area contributed by atoms with Crippen molar-refractivity contribution in [3.63, 3.8) is 0 Å². The van der Waals surface area contributed by atoms with Crippen molar-refractivity contribution < 1.29 is 15.3 Å². The molecule has 0 bridgehead atoms. The molecule has 15 heavy (non-hydrogen) atoms. The molecule has 1 aliphatic heterocycles. The van der Waals surface area contributed by atoms with Gasteiger partial charge < -0.3 is 15.4 Å². The zero-order chi connectivity index (χ0) is 11.1. The molecule has 0 unspecified atom stereocenters. The molecule has 4 nitrogen and oxygen atoms in total. The fraction of sp³-hybridized carbons (Fsp3) is 0.909. The first-order valence-electron chi connectivity index (χ1n) is 5.73. The zero-order valence-electron chi connectivity index (χ0n) is 9.66. The summed E-state index contributed by atoms with van der Waals surface area (Å²) < 4.78 is 5.25. The van der Waals surface area contributed by atoms with Gasteiger partial charge in [-0.3, -0.25) is 4.79 Å². The summed E-state index contributed by atoms with van der Waals surface area (Å²) in [7, 11) is 0. The Morgan fingerprint density at radius 3 is 2.47 bits per heavy atom. The van der Waals surface area contributed by atoms with Crippen LogP contribution in [0.1, 0.15) is 20.3 Å². The maximum absolute atomic E-state index is 12.2. The van der Waals surface area contributed by atoms with Crippen molar-refractivity contribution in [2.45, 2.75) is 26.3 Å². The van der Waals surface area contributed by atoms with Crippen LogP contribution in [0.25, 0.3) is 0 Å². The molecule has 1 amide bonds. The maximum Gasteiger partial charge on any atom is 0.226 e. The van der Waals surface area contributed by atoms with E-state index in [9.17, 15) is 4.79 Å². The first kappa shape index (κ1) is 10.9. The van der Waals surface area contributed by atoms with Crippen molar-refractivity contribution in [2.24, 2.45) is 11.3 Å². The van der Waals surface area contributed by atoms with E-state index in [2.05, 4.69) is 19.6 Å². The molecule has 1 saturated heterocycles. The SMILES string of the molecule is CC1(C)[C@@H]([NH3+])C[C@H]1C(=O)N1CCOCC1. The van der Waals surface area contributed by atoms with Gasteiger partial charge in [0.1, 0.15) is 0 Å². The van der Waals surface area contributed by atoms with Crippen LogP contribution in [-0.2, 0) is 9.53 Å². The number of carbonyl (C=O) groups excluding carboxylic acids is 1. The summed E-state index contributed by atoms with van der Waals surface area (Å²) >= 11 is 0. The van der Waals surface area contributed by atoms with Crippen molar-refractivity contribution in [1.29, 1.82) is 0 Å². The van der Waals surface area contributed by atoms with E-state index in [-0.39, 0.29) is 11.3 Å². The van der Waals surface area contributed by atoms with Crippen LogP contribution < -0.4 is 5.73 Å². The second kappa shape index (κ2) is 3.76. The summed E-state index contributed by atoms with van der Waals surface area (Å²) in [4.78, 5) is 14.1. The van der Waals surface area contributed by atoms with Crippen LogP contribution in [0.5, 0.6) is 0 Å². The van der Waals surface area contributed by atoms with Crippen molar-refractivity contribution in [3.8, 4) is 0 Å². The third-order valence-corrected chi connectivity index (χ3v) is 4.09. The quantitative estimate of drug-likeness (QED) is 0.638. The Morgan fingerprint density at radius 2 is 2.00 bits per heavy atom. The summed E-state index contributed by atoms with van der Waals surface area (Å²) in [5.41, 5.74) is 4.16. The minimum atomic E-state index is 0.0788. The van der Waals surface area contributed by atoms with Crippen molar-refractivity contribution in [1.82, 2.24) is 4.90 Å². The highest BCUT2D eigenvalue weighted by Crippen LogP contribution is 2.44. The normalized spacial score (nSPS) is 34.7. The highest BCUT2D eigenvalue weighted by Gasteiger charge is 2.53. The standard InChI is InChI=1S/C11H20N2O2/c1-11(2)8(7-9(11)12)10(14)13-3-5-15-6-4-13/h8-9H,3-7,12H2,1-2H3/p+1/t8-,9-/m0/s1. The monoisotopic (exact) mass is 213 g/mol. The third kappa shape index (κ3) is 1.76. The van der Waals surface area contributed by atoms with Crippen LogP contribution in [0.4, 0.5) is 0 Å². The molecule has 2 rings (SSSR count). The Bertz CT molecular complexity index is 259. The van der Waals surface area contributed by atoms with E-state index in [1.807, 2.05) is 4.90 Å². The predicted octanol–water partition coefficient (Wildman–Crippen LogP) is -0.498. The van der Waals surface area contributed by atoms with Crippen LogP contribution in [0.3, 0.4) is 0 Å². The van der Waals surface area contributed by atoms with Gasteiger partial charge in [-0.25, -0.2) is 0 Å². The maximum atomic E-state index is 12.2. The number of nitrogens with zero attached hydrogens (tertiary/aromatic N) is 1. The van der Waals surface area contributed by atoms with Gasteiger partial charge >= 0.3 is 0 Å². The number of ether oxygens (including phenoxy) is 1. The van der Waals surface area contributed by atoms with Gasteiger partial charge in [-0.2, -0.15) is 0 Å². The molecule has 0 spiro atoms. The molecule has 4 heteroatoms. The van der Waals surface area contributed by atoms with Crippen molar-refractivity contribution >= 4 is 5.91 Å². The molecule has 0 aromatic rings. The minimum Gasteiger partial charge on any atom is -0.378 e. The average Bonchev–Trinajstić information content (AvgIpc) is 2.26. The molecule has 0 aromatic heterocycles. The van der Waals surface area contributed by atoms with Gasteiger partial charge in [0.2, 0.25) is 5.91 Å². The van der Waals surface area contributed by atoms with Crippen molar-refractivity contribution in [2.75, 3.05) is 26.3 Å². The summed E-state index contributed by atoms with van der Waals surface area (Å²) in [6.07, 6.45) is 0.948. The van der Waals surface area contributed by atoms with E-state index >= 15 is 0 Å². The first-order valence-corrected chi connectivity index (χ1v) is 5.73. The number of hydrogen-bond donors (Lipinski definition) is 1. The lowest BCUT2D eigenvalue weighted by Gasteiger charge is -2.48. The number of morpholine rings is 1. The highest BCUT2D eigenvalue weighted by molar-refractivity contribution is 5.81. The topological polar surface area (TPSA) is 57.2 Å². The molecule has 0 radical (unpaired) electrons. The van der Waals surface area contributed by atoms with Gasteiger partial charge in [0.25, 0.3) is 0 Å². The fourth-order valence-corrected chi connectivity index (χ4v) is 2.44. The molecule has 2 fully saturated rings. The second-order valence-corrected chi connectivity index (χ2v) is 5.24. The van der Waals surface area contributed by atoms with E-state index in [1.165, 1.54) is 0 Å². The Hall–Kier alpha value is -0.610. The third-order valence-electron chi connectivity index (χ3n) is 4.09. The molecule has 1 aliphatic carbocycles. The second-order valence-electron chi connectivity index (χ2n) is 5.24. The summed E-state index contributed by atoms with van der Waals surface area (Å²) in [6.45, 7) is 7.19. The first-order chi connectivity index (χ1) is 7.03. The Kier molecular flexibility index (Phi) is 2.73. The predicted molar refractivity (Wildman–Crippen MR) is 56.0 cm³/mol. The molecule has 0 aromatic carbocycles. The van der Waals surface area contributed by atoms with Gasteiger partial charge in [-0.1, -0.05) is 13.8 Å². The molecule has 86 valence electrons. The Labute approximate surface area is 90.8 Å². The van der Waals surface area contributed by atoms with Crippen LogP contribution in [0.15, 0.2) is 0 Å². The Balaban J connectivity index is 1.96. The number of amides is 1. The number of carbonyl (C=O) groups is 1. The van der Waals surface area contributed by atoms with Crippen molar-refractivity contribution in [3.05, 3.63) is 0 Å². The van der Waals surface area contributed by atoms with Crippen LogP contribution in [0.2, 0.25) is 0 Å². The smallest absolute Gasteiger partial charge is 0.226 e. The van der Waals surface area contributed by atoms with E-state index in [4.69, 9.17) is 4.74 Å². The molecule has 1 saturated carbocycles. The molecule has 3 N–H and O–H groups in total. The zero-order valence-corrected chi connectivity index (χ0v) is 9.66. The van der Waals surface area contributed by atoms with E-state index in [1.54, 1.807) is 0 Å². The van der Waals surface area contributed by atoms with E-state index in [0.29, 0.717) is 25.2 Å². The molecule has 2 atom stereocenters. The summed E-state index contributed by atoms with van der Waals surface area (Å²) in [5.74, 6) is 0.487. The summed E-state index contributed by atoms with van der Waals surface area (Å²) in [6, 6.07) is 0.424. The van der Waals surface area contributed by atoms with E-state index < -0.39 is 0 Å². The number of hydrogen-bond acceptors (Lipinski definition) is 2. The van der Waals surface area contributed by atoms with E-state index in [0.717, 1.165) is 19.5 Å². The van der Waals surface area contributed by atoms with Gasteiger partial charge in [0, 0.05) is 24.9 Å². The molecular weight excluding hydrogens is 192 g/mol. The summed E-state index contributed by atoms with van der Waals surface area (Å²) in [5, 5.41) is 0. The van der Waals surface area contributed by atoms with Gasteiger partial charge in [-0.15, -0.1) is 0 Å². The van der Waals surface area contributed by atoms with Crippen LogP contribution >= 0.6 is 0 Å².